The first-order valence-electron chi connectivity index (χ1n) is 14.8. The number of amides is 2. The number of fused-ring (bicyclic) bond motifs is 1. The van der Waals surface area contributed by atoms with Gasteiger partial charge in [0.1, 0.15) is 18.5 Å². The molecule has 0 aromatic heterocycles. The molecule has 0 bridgehead atoms. The predicted molar refractivity (Wildman–Crippen MR) is 168 cm³/mol. The van der Waals surface area contributed by atoms with E-state index in [9.17, 15) is 24.6 Å². The zero-order valence-electron chi connectivity index (χ0n) is 24.5. The molecule has 1 fully saturated rings. The SMILES string of the molecule is COc1cc(C=O)cc(I)c1O[C@H]1C=C(C(=O)NCCO)C[C@@H](N(Cc2ccc3c(c2)OCO3)C(=O)CC2CCCC2)[C@@H]1O. The highest BCUT2D eigenvalue weighted by Gasteiger charge is 2.41. The number of aldehydes is 1. The topological polar surface area (TPSA) is 144 Å². The molecule has 0 saturated heterocycles. The third-order valence-electron chi connectivity index (χ3n) is 8.30. The van der Waals surface area contributed by atoms with Crippen LogP contribution in [0, 0.1) is 9.49 Å². The fraction of sp³-hybridized carbons (Fsp3) is 0.469. The molecule has 3 N–H and O–H groups in total. The van der Waals surface area contributed by atoms with Crippen molar-refractivity contribution < 1.29 is 43.5 Å². The Morgan fingerprint density at radius 2 is 1.93 bits per heavy atom. The van der Waals surface area contributed by atoms with E-state index in [-0.39, 0.29) is 44.7 Å². The molecule has 1 aliphatic heterocycles. The summed E-state index contributed by atoms with van der Waals surface area (Å²) in [4.78, 5) is 40.3. The second-order valence-electron chi connectivity index (χ2n) is 11.2. The maximum absolute atomic E-state index is 14.0. The van der Waals surface area contributed by atoms with Gasteiger partial charge in [0, 0.05) is 37.1 Å². The summed E-state index contributed by atoms with van der Waals surface area (Å²) in [5, 5.41) is 23.8. The van der Waals surface area contributed by atoms with Crippen LogP contribution in [0.15, 0.2) is 42.0 Å². The number of hydrogen-bond donors (Lipinski definition) is 3. The van der Waals surface area contributed by atoms with E-state index in [1.165, 1.54) is 13.2 Å². The van der Waals surface area contributed by atoms with E-state index in [4.69, 9.17) is 18.9 Å². The summed E-state index contributed by atoms with van der Waals surface area (Å²) in [7, 11) is 1.45. The monoisotopic (exact) mass is 720 g/mol. The fourth-order valence-electron chi connectivity index (χ4n) is 6.04. The van der Waals surface area contributed by atoms with Crippen molar-refractivity contribution in [2.24, 2.45) is 5.92 Å². The fourth-order valence-corrected chi connectivity index (χ4v) is 6.80. The lowest BCUT2D eigenvalue weighted by molar-refractivity contribution is -0.140. The van der Waals surface area contributed by atoms with Gasteiger partial charge in [0.05, 0.1) is 23.3 Å². The van der Waals surface area contributed by atoms with Crippen LogP contribution in [0.4, 0.5) is 0 Å². The molecule has 236 valence electrons. The van der Waals surface area contributed by atoms with Crippen LogP contribution in [0.25, 0.3) is 0 Å². The molecule has 0 radical (unpaired) electrons. The molecule has 2 aromatic carbocycles. The minimum absolute atomic E-state index is 0.0509. The Morgan fingerprint density at radius 1 is 1.16 bits per heavy atom. The van der Waals surface area contributed by atoms with Crippen molar-refractivity contribution in [3.05, 3.63) is 56.7 Å². The second-order valence-corrected chi connectivity index (χ2v) is 12.4. The van der Waals surface area contributed by atoms with Crippen LogP contribution in [-0.4, -0.2) is 78.5 Å². The lowest BCUT2D eigenvalue weighted by Gasteiger charge is -2.41. The molecule has 5 rings (SSSR count). The third-order valence-corrected chi connectivity index (χ3v) is 9.11. The van der Waals surface area contributed by atoms with Gasteiger partial charge in [-0.2, -0.15) is 0 Å². The van der Waals surface area contributed by atoms with Gasteiger partial charge < -0.3 is 39.4 Å². The largest absolute Gasteiger partial charge is 0.493 e. The summed E-state index contributed by atoms with van der Waals surface area (Å²) in [5.74, 6) is 1.53. The number of aliphatic hydroxyl groups excluding tert-OH is 2. The number of benzene rings is 2. The first-order valence-corrected chi connectivity index (χ1v) is 15.8. The molecule has 44 heavy (non-hydrogen) atoms. The molecular formula is C32H37IN2O9. The zero-order chi connectivity index (χ0) is 31.2. The van der Waals surface area contributed by atoms with Gasteiger partial charge in [-0.25, -0.2) is 0 Å². The minimum Gasteiger partial charge on any atom is -0.493 e. The van der Waals surface area contributed by atoms with Crippen LogP contribution in [0.3, 0.4) is 0 Å². The Labute approximate surface area is 269 Å². The Morgan fingerprint density at radius 3 is 2.66 bits per heavy atom. The number of nitrogens with one attached hydrogen (secondary N) is 1. The van der Waals surface area contributed by atoms with Crippen molar-refractivity contribution in [2.75, 3.05) is 27.1 Å². The number of methoxy groups -OCH3 is 1. The Kier molecular flexibility index (Phi) is 10.6. The summed E-state index contributed by atoms with van der Waals surface area (Å²) >= 11 is 2.02. The maximum Gasteiger partial charge on any atom is 0.247 e. The minimum atomic E-state index is -1.21. The van der Waals surface area contributed by atoms with Gasteiger partial charge in [-0.3, -0.25) is 14.4 Å². The lowest BCUT2D eigenvalue weighted by Crippen LogP contribution is -2.55. The number of rotatable bonds is 12. The molecule has 2 aromatic rings. The van der Waals surface area contributed by atoms with E-state index in [1.54, 1.807) is 23.1 Å². The summed E-state index contributed by atoms with van der Waals surface area (Å²) in [6, 6.07) is 7.84. The van der Waals surface area contributed by atoms with E-state index >= 15 is 0 Å². The van der Waals surface area contributed by atoms with Crippen LogP contribution >= 0.6 is 22.6 Å². The third kappa shape index (κ3) is 7.29. The number of aliphatic hydroxyl groups is 2. The van der Waals surface area contributed by atoms with E-state index in [0.717, 1.165) is 31.2 Å². The standard InChI is InChI=1S/C32H37IN2O9/c1-41-28-12-21(17-37)10-23(33)31(28)44-27-15-22(32(40)34-8-9-36)14-24(30(27)39)35(29(38)13-19-4-2-3-5-19)16-20-6-7-25-26(11-20)43-18-42-25/h6-7,10-12,15,17,19,24,27,30,36,39H,2-5,8-9,13-14,16,18H2,1H3,(H,34,40)/t24-,27+,30+/m1/s1. The van der Waals surface area contributed by atoms with E-state index in [0.29, 0.717) is 50.4 Å². The highest BCUT2D eigenvalue weighted by Crippen LogP contribution is 2.38. The summed E-state index contributed by atoms with van der Waals surface area (Å²) < 4.78 is 23.4. The number of hydrogen-bond acceptors (Lipinski definition) is 9. The van der Waals surface area contributed by atoms with Crippen LogP contribution < -0.4 is 24.3 Å². The van der Waals surface area contributed by atoms with Crippen LogP contribution in [0.2, 0.25) is 0 Å². The highest BCUT2D eigenvalue weighted by atomic mass is 127. The Bertz CT molecular complexity index is 1410. The first-order chi connectivity index (χ1) is 21.3. The van der Waals surface area contributed by atoms with Crippen molar-refractivity contribution >= 4 is 40.7 Å². The molecule has 0 spiro atoms. The maximum atomic E-state index is 14.0. The summed E-state index contributed by atoms with van der Waals surface area (Å²) in [6.45, 7) is 0.114. The molecule has 2 aliphatic carbocycles. The average Bonchev–Trinajstić information content (AvgIpc) is 3.72. The second kappa shape index (κ2) is 14.6. The van der Waals surface area contributed by atoms with Gasteiger partial charge in [0.25, 0.3) is 0 Å². The highest BCUT2D eigenvalue weighted by molar-refractivity contribution is 14.1. The van der Waals surface area contributed by atoms with Crippen molar-refractivity contribution in [1.82, 2.24) is 10.2 Å². The quantitative estimate of drug-likeness (QED) is 0.222. The van der Waals surface area contributed by atoms with Gasteiger partial charge in [0.15, 0.2) is 23.0 Å². The molecule has 1 heterocycles. The van der Waals surface area contributed by atoms with Crippen molar-refractivity contribution in [3.8, 4) is 23.0 Å². The van der Waals surface area contributed by atoms with E-state index < -0.39 is 24.2 Å². The molecule has 3 aliphatic rings. The number of carbonyl (C=O) groups is 3. The predicted octanol–water partition coefficient (Wildman–Crippen LogP) is 3.37. The van der Waals surface area contributed by atoms with Crippen LogP contribution in [0.5, 0.6) is 23.0 Å². The molecule has 12 heteroatoms. The Balaban J connectivity index is 1.50. The Hall–Kier alpha value is -3.36. The van der Waals surface area contributed by atoms with Crippen LogP contribution in [0.1, 0.15) is 54.4 Å². The first kappa shape index (κ1) is 32.0. The lowest BCUT2D eigenvalue weighted by atomic mass is 9.87. The molecule has 2 amide bonds. The number of nitrogens with zero attached hydrogens (tertiary/aromatic N) is 1. The van der Waals surface area contributed by atoms with Crippen LogP contribution in [-0.2, 0) is 16.1 Å². The molecular weight excluding hydrogens is 683 g/mol. The van der Waals surface area contributed by atoms with Gasteiger partial charge in [-0.05, 0) is 77.3 Å². The molecule has 3 atom stereocenters. The van der Waals surface area contributed by atoms with Gasteiger partial charge in [-0.15, -0.1) is 0 Å². The molecule has 1 saturated carbocycles. The van der Waals surface area contributed by atoms with E-state index in [2.05, 4.69) is 5.32 Å². The van der Waals surface area contributed by atoms with Crippen molar-refractivity contribution in [1.29, 1.82) is 0 Å². The number of ether oxygens (including phenoxy) is 4. The number of carbonyl (C=O) groups excluding carboxylic acids is 3. The molecule has 0 unspecified atom stereocenters. The zero-order valence-corrected chi connectivity index (χ0v) is 26.7. The normalized spacial score (nSPS) is 21.0. The van der Waals surface area contributed by atoms with Crippen molar-refractivity contribution in [3.63, 3.8) is 0 Å². The van der Waals surface area contributed by atoms with E-state index in [1.807, 2.05) is 34.7 Å². The summed E-state index contributed by atoms with van der Waals surface area (Å²) in [5.41, 5.74) is 1.51. The summed E-state index contributed by atoms with van der Waals surface area (Å²) in [6.07, 6.45) is 4.56. The number of halogens is 1. The van der Waals surface area contributed by atoms with Gasteiger partial charge in [0.2, 0.25) is 18.6 Å². The van der Waals surface area contributed by atoms with Crippen molar-refractivity contribution in [2.45, 2.75) is 63.3 Å². The van der Waals surface area contributed by atoms with Gasteiger partial charge in [-0.1, -0.05) is 18.9 Å². The average molecular weight is 721 g/mol. The smallest absolute Gasteiger partial charge is 0.247 e. The molecule has 11 nitrogen and oxygen atoms in total. The van der Waals surface area contributed by atoms with Gasteiger partial charge >= 0.3 is 0 Å².